The zero-order chi connectivity index (χ0) is 14.1. The second-order valence-corrected chi connectivity index (χ2v) is 5.37. The van der Waals surface area contributed by atoms with Crippen LogP contribution in [-0.4, -0.2) is 35.7 Å². The summed E-state index contributed by atoms with van der Waals surface area (Å²) in [7, 11) is 0. The molecule has 3 N–H and O–H groups in total. The number of carbonyl (C=O) groups is 1. The van der Waals surface area contributed by atoms with Gasteiger partial charge >= 0.3 is 6.03 Å². The van der Waals surface area contributed by atoms with E-state index >= 15 is 0 Å². The molecule has 1 aromatic rings. The van der Waals surface area contributed by atoms with E-state index in [1.165, 1.54) is 6.26 Å². The van der Waals surface area contributed by atoms with Crippen molar-refractivity contribution in [2.24, 2.45) is 0 Å². The predicted molar refractivity (Wildman–Crippen MR) is 77.2 cm³/mol. The van der Waals surface area contributed by atoms with Gasteiger partial charge in [0.05, 0.1) is 12.8 Å². The molecule has 1 heterocycles. The number of furan rings is 1. The van der Waals surface area contributed by atoms with Crippen molar-refractivity contribution >= 4 is 17.8 Å². The van der Waals surface area contributed by atoms with E-state index in [1.807, 2.05) is 6.08 Å². The lowest BCUT2D eigenvalue weighted by molar-refractivity contribution is 0.0368. The van der Waals surface area contributed by atoms with Crippen molar-refractivity contribution in [3.8, 4) is 0 Å². The van der Waals surface area contributed by atoms with Crippen molar-refractivity contribution in [3.63, 3.8) is 0 Å². The highest BCUT2D eigenvalue weighted by atomic mass is 32.2. The minimum absolute atomic E-state index is 0.0894. The van der Waals surface area contributed by atoms with Crippen LogP contribution in [-0.2, 0) is 5.60 Å². The molecule has 1 unspecified atom stereocenters. The van der Waals surface area contributed by atoms with E-state index in [4.69, 9.17) is 4.42 Å². The van der Waals surface area contributed by atoms with Gasteiger partial charge in [0.15, 0.2) is 0 Å². The second-order valence-electron chi connectivity index (χ2n) is 4.22. The molecule has 0 saturated heterocycles. The quantitative estimate of drug-likeness (QED) is 0.502. The molecule has 19 heavy (non-hydrogen) atoms. The van der Waals surface area contributed by atoms with E-state index < -0.39 is 5.60 Å². The summed E-state index contributed by atoms with van der Waals surface area (Å²) in [6.07, 6.45) is 3.31. The maximum absolute atomic E-state index is 11.5. The maximum atomic E-state index is 11.5. The van der Waals surface area contributed by atoms with Gasteiger partial charge in [0, 0.05) is 18.1 Å². The summed E-state index contributed by atoms with van der Waals surface area (Å²) in [6.45, 7) is 5.87. The van der Waals surface area contributed by atoms with Crippen molar-refractivity contribution in [2.45, 2.75) is 12.5 Å². The number of hydrogen-bond donors (Lipinski definition) is 3. The molecule has 0 aliphatic heterocycles. The third kappa shape index (κ3) is 5.85. The van der Waals surface area contributed by atoms with Gasteiger partial charge in [-0.25, -0.2) is 4.79 Å². The summed E-state index contributed by atoms with van der Waals surface area (Å²) in [5, 5.41) is 15.4. The van der Waals surface area contributed by atoms with Crippen molar-refractivity contribution in [3.05, 3.63) is 36.8 Å². The Morgan fingerprint density at radius 2 is 2.42 bits per heavy atom. The Morgan fingerprint density at radius 3 is 3.05 bits per heavy atom. The van der Waals surface area contributed by atoms with Crippen molar-refractivity contribution in [1.29, 1.82) is 0 Å². The monoisotopic (exact) mass is 284 g/mol. The van der Waals surface area contributed by atoms with Gasteiger partial charge in [-0.15, -0.1) is 6.58 Å². The Morgan fingerprint density at radius 1 is 1.63 bits per heavy atom. The lowest BCUT2D eigenvalue weighted by Gasteiger charge is -2.21. The van der Waals surface area contributed by atoms with Gasteiger partial charge in [-0.05, 0) is 19.1 Å². The van der Waals surface area contributed by atoms with Crippen LogP contribution in [0.4, 0.5) is 4.79 Å². The van der Waals surface area contributed by atoms with E-state index in [2.05, 4.69) is 17.2 Å². The first-order chi connectivity index (χ1) is 9.06. The predicted octanol–water partition coefficient (Wildman–Crippen LogP) is 1.71. The summed E-state index contributed by atoms with van der Waals surface area (Å²) < 4.78 is 5.12. The number of aliphatic hydroxyl groups is 1. The van der Waals surface area contributed by atoms with E-state index in [0.717, 1.165) is 11.5 Å². The summed E-state index contributed by atoms with van der Waals surface area (Å²) >= 11 is 1.69. The third-order valence-corrected chi connectivity index (χ3v) is 3.38. The molecule has 1 aromatic heterocycles. The molecule has 0 bridgehead atoms. The Balaban J connectivity index is 2.21. The zero-order valence-electron chi connectivity index (χ0n) is 11.0. The molecule has 0 aliphatic rings. The molecule has 0 spiro atoms. The summed E-state index contributed by atoms with van der Waals surface area (Å²) in [5.74, 6) is 2.12. The SMILES string of the molecule is C=CCSCCNC(=O)NCC(C)(O)c1ccco1. The molecule has 0 radical (unpaired) electrons. The van der Waals surface area contributed by atoms with Crippen LogP contribution >= 0.6 is 11.8 Å². The fourth-order valence-electron chi connectivity index (χ4n) is 1.39. The summed E-state index contributed by atoms with van der Waals surface area (Å²) in [4.78, 5) is 11.5. The zero-order valence-corrected chi connectivity index (χ0v) is 11.8. The molecule has 2 amide bonds. The Bertz CT molecular complexity index is 391. The number of urea groups is 1. The summed E-state index contributed by atoms with van der Waals surface area (Å²) in [6, 6.07) is 3.07. The number of hydrogen-bond acceptors (Lipinski definition) is 4. The van der Waals surface area contributed by atoms with Gasteiger partial charge in [0.2, 0.25) is 0 Å². The van der Waals surface area contributed by atoms with Crippen molar-refractivity contribution < 1.29 is 14.3 Å². The van der Waals surface area contributed by atoms with E-state index in [-0.39, 0.29) is 12.6 Å². The van der Waals surface area contributed by atoms with Gasteiger partial charge in [0.25, 0.3) is 0 Å². The number of rotatable bonds is 8. The van der Waals surface area contributed by atoms with Crippen molar-refractivity contribution in [1.82, 2.24) is 10.6 Å². The molecule has 1 rings (SSSR count). The van der Waals surface area contributed by atoms with E-state index in [0.29, 0.717) is 12.3 Å². The van der Waals surface area contributed by atoms with Crippen LogP contribution in [0.1, 0.15) is 12.7 Å². The molecule has 5 nitrogen and oxygen atoms in total. The Kier molecular flexibility index (Phi) is 6.52. The first-order valence-electron chi connectivity index (χ1n) is 6.03. The molecule has 106 valence electrons. The maximum Gasteiger partial charge on any atom is 0.314 e. The van der Waals surface area contributed by atoms with Crippen LogP contribution in [0, 0.1) is 0 Å². The van der Waals surface area contributed by atoms with Gasteiger partial charge in [-0.3, -0.25) is 0 Å². The standard InChI is InChI=1S/C13H20N2O3S/c1-3-8-19-9-6-14-12(16)15-10-13(2,17)11-5-4-7-18-11/h3-5,7,17H,1,6,8-10H2,2H3,(H2,14,15,16). The molecule has 0 aliphatic carbocycles. The highest BCUT2D eigenvalue weighted by Gasteiger charge is 2.26. The topological polar surface area (TPSA) is 74.5 Å². The normalized spacial score (nSPS) is 13.6. The Hall–Kier alpha value is -1.40. The fraction of sp³-hybridized carbons (Fsp3) is 0.462. The molecular formula is C13H20N2O3S. The number of nitrogens with one attached hydrogen (secondary N) is 2. The lowest BCUT2D eigenvalue weighted by Crippen LogP contribution is -2.43. The minimum Gasteiger partial charge on any atom is -0.466 e. The molecule has 6 heteroatoms. The molecule has 1 atom stereocenters. The molecule has 0 aromatic carbocycles. The van der Waals surface area contributed by atoms with Crippen LogP contribution in [0.25, 0.3) is 0 Å². The van der Waals surface area contributed by atoms with Crippen LogP contribution in [0.5, 0.6) is 0 Å². The van der Waals surface area contributed by atoms with Gasteiger partial charge in [0.1, 0.15) is 11.4 Å². The number of amides is 2. The van der Waals surface area contributed by atoms with Crippen LogP contribution in [0.3, 0.4) is 0 Å². The minimum atomic E-state index is -1.21. The molecular weight excluding hydrogens is 264 g/mol. The number of thioether (sulfide) groups is 1. The van der Waals surface area contributed by atoms with Crippen molar-refractivity contribution in [2.75, 3.05) is 24.6 Å². The fourth-order valence-corrected chi connectivity index (χ4v) is 1.97. The lowest BCUT2D eigenvalue weighted by atomic mass is 10.0. The van der Waals surface area contributed by atoms with Gasteiger partial charge in [-0.1, -0.05) is 6.08 Å². The Labute approximate surface area is 117 Å². The largest absolute Gasteiger partial charge is 0.466 e. The molecule has 0 fully saturated rings. The second kappa shape index (κ2) is 7.91. The van der Waals surface area contributed by atoms with Crippen LogP contribution < -0.4 is 10.6 Å². The third-order valence-electron chi connectivity index (χ3n) is 2.41. The van der Waals surface area contributed by atoms with Crippen LogP contribution in [0.2, 0.25) is 0 Å². The van der Waals surface area contributed by atoms with E-state index in [1.54, 1.807) is 30.8 Å². The van der Waals surface area contributed by atoms with Gasteiger partial charge in [-0.2, -0.15) is 11.8 Å². The highest BCUT2D eigenvalue weighted by Crippen LogP contribution is 2.19. The molecule has 0 saturated carbocycles. The average Bonchev–Trinajstić information content (AvgIpc) is 2.91. The first kappa shape index (κ1) is 15.7. The number of carbonyl (C=O) groups excluding carboxylic acids is 1. The first-order valence-corrected chi connectivity index (χ1v) is 7.18. The summed E-state index contributed by atoms with van der Waals surface area (Å²) in [5.41, 5.74) is -1.21. The highest BCUT2D eigenvalue weighted by molar-refractivity contribution is 7.99. The van der Waals surface area contributed by atoms with Gasteiger partial charge < -0.3 is 20.2 Å². The van der Waals surface area contributed by atoms with E-state index in [9.17, 15) is 9.90 Å². The smallest absolute Gasteiger partial charge is 0.314 e. The average molecular weight is 284 g/mol. The van der Waals surface area contributed by atoms with Crippen LogP contribution in [0.15, 0.2) is 35.5 Å².